The third kappa shape index (κ3) is 5.64. The normalized spacial score (nSPS) is 17.5. The lowest BCUT2D eigenvalue weighted by molar-refractivity contribution is -0.129. The van der Waals surface area contributed by atoms with E-state index in [1.54, 1.807) is 23.2 Å². The molecule has 2 aromatic rings. The summed E-state index contributed by atoms with van der Waals surface area (Å²) >= 11 is 3.23. The zero-order valence-corrected chi connectivity index (χ0v) is 20.2. The van der Waals surface area contributed by atoms with Crippen LogP contribution in [0.2, 0.25) is 0 Å². The Balaban J connectivity index is 1.38. The van der Waals surface area contributed by atoms with E-state index in [0.717, 1.165) is 30.2 Å². The number of hydrogen-bond donors (Lipinski definition) is 0. The predicted molar refractivity (Wildman–Crippen MR) is 125 cm³/mol. The fourth-order valence-electron chi connectivity index (χ4n) is 4.37. The SMILES string of the molecule is CCOC(=O)N1CCN(C(=O)CSc2nnc(Cc3cccs3)n2C2CCCCC2)CC1. The van der Waals surface area contributed by atoms with Gasteiger partial charge in [-0.3, -0.25) is 4.79 Å². The van der Waals surface area contributed by atoms with Gasteiger partial charge < -0.3 is 19.1 Å². The summed E-state index contributed by atoms with van der Waals surface area (Å²) in [4.78, 5) is 29.5. The minimum Gasteiger partial charge on any atom is -0.450 e. The molecular formula is C22H31N5O3S2. The van der Waals surface area contributed by atoms with Crippen LogP contribution in [0.1, 0.15) is 55.8 Å². The van der Waals surface area contributed by atoms with Crippen LogP contribution in [-0.2, 0) is 16.0 Å². The van der Waals surface area contributed by atoms with E-state index in [2.05, 4.69) is 32.3 Å². The van der Waals surface area contributed by atoms with Crippen molar-refractivity contribution in [3.63, 3.8) is 0 Å². The molecule has 8 nitrogen and oxygen atoms in total. The second-order valence-corrected chi connectivity index (χ2v) is 10.1. The summed E-state index contributed by atoms with van der Waals surface area (Å²) in [6, 6.07) is 4.62. The zero-order valence-electron chi connectivity index (χ0n) is 18.6. The molecule has 1 aliphatic carbocycles. The second-order valence-electron chi connectivity index (χ2n) is 8.17. The van der Waals surface area contributed by atoms with Gasteiger partial charge in [0.15, 0.2) is 5.16 Å². The number of carbonyl (C=O) groups is 2. The number of nitrogens with zero attached hydrogens (tertiary/aromatic N) is 5. The largest absolute Gasteiger partial charge is 0.450 e. The lowest BCUT2D eigenvalue weighted by Crippen LogP contribution is -2.51. The number of ether oxygens (including phenoxy) is 1. The van der Waals surface area contributed by atoms with Crippen molar-refractivity contribution in [3.05, 3.63) is 28.2 Å². The van der Waals surface area contributed by atoms with E-state index >= 15 is 0 Å². The van der Waals surface area contributed by atoms with Gasteiger partial charge >= 0.3 is 6.09 Å². The number of amides is 2. The molecule has 1 saturated carbocycles. The van der Waals surface area contributed by atoms with E-state index in [1.807, 2.05) is 4.90 Å². The first kappa shape index (κ1) is 23.1. The van der Waals surface area contributed by atoms with Crippen LogP contribution < -0.4 is 0 Å². The van der Waals surface area contributed by atoms with Crippen molar-refractivity contribution in [3.8, 4) is 0 Å². The molecule has 0 aromatic carbocycles. The second kappa shape index (κ2) is 11.2. The summed E-state index contributed by atoms with van der Waals surface area (Å²) in [5, 5.41) is 11.9. The van der Waals surface area contributed by atoms with Crippen LogP contribution >= 0.6 is 23.1 Å². The summed E-state index contributed by atoms with van der Waals surface area (Å²) in [7, 11) is 0. The van der Waals surface area contributed by atoms with E-state index in [-0.39, 0.29) is 12.0 Å². The van der Waals surface area contributed by atoms with Crippen molar-refractivity contribution in [1.29, 1.82) is 0 Å². The van der Waals surface area contributed by atoms with Crippen LogP contribution in [-0.4, -0.2) is 75.1 Å². The van der Waals surface area contributed by atoms with Crippen molar-refractivity contribution < 1.29 is 14.3 Å². The molecule has 174 valence electrons. The van der Waals surface area contributed by atoms with E-state index in [9.17, 15) is 9.59 Å². The Morgan fingerprint density at radius 2 is 1.88 bits per heavy atom. The van der Waals surface area contributed by atoms with Crippen molar-refractivity contribution in [2.24, 2.45) is 0 Å². The predicted octanol–water partition coefficient (Wildman–Crippen LogP) is 3.83. The topological polar surface area (TPSA) is 80.6 Å². The minimum atomic E-state index is -0.298. The van der Waals surface area contributed by atoms with Crippen LogP contribution in [0.25, 0.3) is 0 Å². The summed E-state index contributed by atoms with van der Waals surface area (Å²) in [6.45, 7) is 4.27. The molecule has 2 aliphatic rings. The molecule has 2 fully saturated rings. The molecule has 0 bridgehead atoms. The maximum absolute atomic E-state index is 12.8. The van der Waals surface area contributed by atoms with Gasteiger partial charge in [0.05, 0.1) is 12.4 Å². The summed E-state index contributed by atoms with van der Waals surface area (Å²) in [5.74, 6) is 1.41. The maximum atomic E-state index is 12.8. The summed E-state index contributed by atoms with van der Waals surface area (Å²) in [5.41, 5.74) is 0. The third-order valence-electron chi connectivity index (χ3n) is 6.07. The highest BCUT2D eigenvalue weighted by molar-refractivity contribution is 7.99. The number of hydrogen-bond acceptors (Lipinski definition) is 7. The van der Waals surface area contributed by atoms with Gasteiger partial charge in [0.25, 0.3) is 0 Å². The smallest absolute Gasteiger partial charge is 0.409 e. The molecule has 10 heteroatoms. The highest BCUT2D eigenvalue weighted by atomic mass is 32.2. The highest BCUT2D eigenvalue weighted by Crippen LogP contribution is 2.33. The monoisotopic (exact) mass is 477 g/mol. The molecule has 0 atom stereocenters. The van der Waals surface area contributed by atoms with Crippen LogP contribution in [0.3, 0.4) is 0 Å². The van der Waals surface area contributed by atoms with Gasteiger partial charge in [-0.2, -0.15) is 0 Å². The molecular weight excluding hydrogens is 446 g/mol. The lowest BCUT2D eigenvalue weighted by atomic mass is 9.95. The average molecular weight is 478 g/mol. The van der Waals surface area contributed by atoms with E-state index in [0.29, 0.717) is 44.6 Å². The van der Waals surface area contributed by atoms with E-state index < -0.39 is 0 Å². The van der Waals surface area contributed by atoms with Gasteiger partial charge in [-0.25, -0.2) is 4.79 Å². The quantitative estimate of drug-likeness (QED) is 0.564. The number of piperazine rings is 1. The standard InChI is InChI=1S/C22H31N5O3S2/c1-2-30-22(29)26-12-10-25(11-13-26)20(28)16-32-21-24-23-19(15-18-9-6-14-31-18)27(21)17-7-4-3-5-8-17/h6,9,14,17H,2-5,7-8,10-13,15-16H2,1H3. The van der Waals surface area contributed by atoms with Gasteiger partial charge in [0, 0.05) is 43.5 Å². The molecule has 3 heterocycles. The van der Waals surface area contributed by atoms with Crippen LogP contribution in [0.15, 0.2) is 22.7 Å². The molecule has 0 unspecified atom stereocenters. The van der Waals surface area contributed by atoms with Crippen LogP contribution in [0.4, 0.5) is 4.79 Å². The third-order valence-corrected chi connectivity index (χ3v) is 7.87. The number of rotatable bonds is 7. The van der Waals surface area contributed by atoms with Gasteiger partial charge in [-0.15, -0.1) is 21.5 Å². The van der Waals surface area contributed by atoms with Gasteiger partial charge in [0.2, 0.25) is 5.91 Å². The fourth-order valence-corrected chi connectivity index (χ4v) is 6.00. The molecule has 1 saturated heterocycles. The average Bonchev–Trinajstić information content (AvgIpc) is 3.48. The van der Waals surface area contributed by atoms with Crippen molar-refractivity contribution in [1.82, 2.24) is 24.6 Å². The van der Waals surface area contributed by atoms with E-state index in [1.165, 1.54) is 35.9 Å². The molecule has 32 heavy (non-hydrogen) atoms. The number of carbonyl (C=O) groups excluding carboxylic acids is 2. The molecule has 0 radical (unpaired) electrons. The Labute approximate surface area is 197 Å². The first-order valence-electron chi connectivity index (χ1n) is 11.4. The molecule has 0 N–H and O–H groups in total. The lowest BCUT2D eigenvalue weighted by Gasteiger charge is -2.34. The highest BCUT2D eigenvalue weighted by Gasteiger charge is 2.27. The Hall–Kier alpha value is -2.07. The van der Waals surface area contributed by atoms with E-state index in [4.69, 9.17) is 4.74 Å². The maximum Gasteiger partial charge on any atom is 0.409 e. The molecule has 2 amide bonds. The summed E-state index contributed by atoms with van der Waals surface area (Å²) < 4.78 is 7.36. The minimum absolute atomic E-state index is 0.0801. The van der Waals surface area contributed by atoms with Gasteiger partial charge in [-0.05, 0) is 31.2 Å². The Bertz CT molecular complexity index is 888. The van der Waals surface area contributed by atoms with Crippen molar-refractivity contribution in [2.75, 3.05) is 38.5 Å². The molecule has 0 spiro atoms. The Kier molecular flexibility index (Phi) is 8.07. The van der Waals surface area contributed by atoms with Crippen LogP contribution in [0, 0.1) is 0 Å². The number of aromatic nitrogens is 3. The van der Waals surface area contributed by atoms with Crippen molar-refractivity contribution >= 4 is 35.1 Å². The number of thiophene rings is 1. The van der Waals surface area contributed by atoms with Crippen molar-refractivity contribution in [2.45, 2.75) is 56.6 Å². The Morgan fingerprint density at radius 1 is 1.12 bits per heavy atom. The Morgan fingerprint density at radius 3 is 2.56 bits per heavy atom. The number of thioether (sulfide) groups is 1. The van der Waals surface area contributed by atoms with Crippen LogP contribution in [0.5, 0.6) is 0 Å². The first-order chi connectivity index (χ1) is 15.7. The van der Waals surface area contributed by atoms with Gasteiger partial charge in [0.1, 0.15) is 5.82 Å². The molecule has 4 rings (SSSR count). The fraction of sp³-hybridized carbons (Fsp3) is 0.636. The van der Waals surface area contributed by atoms with Gasteiger partial charge in [-0.1, -0.05) is 37.1 Å². The summed E-state index contributed by atoms with van der Waals surface area (Å²) in [6.07, 6.45) is 6.53. The first-order valence-corrected chi connectivity index (χ1v) is 13.3. The zero-order chi connectivity index (χ0) is 22.3. The molecule has 2 aromatic heterocycles. The molecule has 1 aliphatic heterocycles.